The first-order chi connectivity index (χ1) is 7.70. The molecule has 0 spiro atoms. The summed E-state index contributed by atoms with van der Waals surface area (Å²) in [7, 11) is 1.85. The monoisotopic (exact) mass is 303 g/mol. The summed E-state index contributed by atoms with van der Waals surface area (Å²) in [5.41, 5.74) is 0.456. The van der Waals surface area contributed by atoms with Gasteiger partial charge in [-0.05, 0) is 24.4 Å². The van der Waals surface area contributed by atoms with Crippen LogP contribution in [0.25, 0.3) is 0 Å². The Labute approximate surface area is 107 Å². The van der Waals surface area contributed by atoms with Gasteiger partial charge in [0.25, 0.3) is 5.91 Å². The van der Waals surface area contributed by atoms with Gasteiger partial charge in [-0.15, -0.1) is 5.10 Å². The van der Waals surface area contributed by atoms with Crippen molar-refractivity contribution >= 4 is 33.4 Å². The number of alkyl halides is 1. The molecule has 16 heavy (non-hydrogen) atoms. The van der Waals surface area contributed by atoms with Gasteiger partial charge in [0.05, 0.1) is 0 Å². The Morgan fingerprint density at radius 1 is 1.56 bits per heavy atom. The minimum atomic E-state index is -0.0231. The molecule has 1 aliphatic carbocycles. The second-order valence-electron chi connectivity index (χ2n) is 4.07. The van der Waals surface area contributed by atoms with Gasteiger partial charge < -0.3 is 4.90 Å². The zero-order valence-corrected chi connectivity index (χ0v) is 11.5. The van der Waals surface area contributed by atoms with Gasteiger partial charge in [-0.25, -0.2) is 0 Å². The molecule has 0 bridgehead atoms. The van der Waals surface area contributed by atoms with Crippen molar-refractivity contribution in [3.8, 4) is 0 Å². The van der Waals surface area contributed by atoms with E-state index in [0.29, 0.717) is 10.5 Å². The summed E-state index contributed by atoms with van der Waals surface area (Å²) in [5, 5.41) is 5.52. The molecule has 2 atom stereocenters. The van der Waals surface area contributed by atoms with Crippen molar-refractivity contribution in [2.75, 3.05) is 7.05 Å². The Kier molecular flexibility index (Phi) is 3.91. The highest BCUT2D eigenvalue weighted by atomic mass is 79.9. The van der Waals surface area contributed by atoms with Crippen molar-refractivity contribution in [1.82, 2.24) is 14.5 Å². The van der Waals surface area contributed by atoms with E-state index in [2.05, 4.69) is 25.5 Å². The Morgan fingerprint density at radius 2 is 2.31 bits per heavy atom. The normalized spacial score (nSPS) is 25.4. The van der Waals surface area contributed by atoms with Crippen molar-refractivity contribution in [3.63, 3.8) is 0 Å². The minimum absolute atomic E-state index is 0.0231. The molecule has 0 N–H and O–H groups in total. The molecule has 6 heteroatoms. The van der Waals surface area contributed by atoms with Gasteiger partial charge in [0.1, 0.15) is 0 Å². The summed E-state index contributed by atoms with van der Waals surface area (Å²) < 4.78 is 3.72. The maximum absolute atomic E-state index is 12.1. The van der Waals surface area contributed by atoms with E-state index in [-0.39, 0.29) is 11.9 Å². The molecule has 1 aromatic heterocycles. The molecule has 0 radical (unpaired) electrons. The lowest BCUT2D eigenvalue weighted by atomic mass is 9.94. The van der Waals surface area contributed by atoms with Crippen molar-refractivity contribution in [2.24, 2.45) is 0 Å². The van der Waals surface area contributed by atoms with Gasteiger partial charge in [-0.2, -0.15) is 0 Å². The van der Waals surface area contributed by atoms with Gasteiger partial charge in [-0.1, -0.05) is 33.3 Å². The molecule has 1 aromatic rings. The molecular formula is C10H14BrN3OS. The number of carbonyl (C=O) groups is 1. The molecule has 0 aromatic carbocycles. The average molecular weight is 304 g/mol. The maximum Gasteiger partial charge on any atom is 0.275 e. The second-order valence-corrected chi connectivity index (χ2v) is 5.86. The SMILES string of the molecule is CN(C(=O)c1csnn1)C1CCCCC1Br. The van der Waals surface area contributed by atoms with Gasteiger partial charge in [-0.3, -0.25) is 4.79 Å². The topological polar surface area (TPSA) is 46.1 Å². The highest BCUT2D eigenvalue weighted by molar-refractivity contribution is 9.09. The van der Waals surface area contributed by atoms with Gasteiger partial charge in [0.2, 0.25) is 0 Å². The van der Waals surface area contributed by atoms with E-state index in [1.54, 1.807) is 10.3 Å². The number of nitrogens with zero attached hydrogens (tertiary/aromatic N) is 3. The first kappa shape index (κ1) is 12.0. The maximum atomic E-state index is 12.1. The van der Waals surface area contributed by atoms with Crippen molar-refractivity contribution in [3.05, 3.63) is 11.1 Å². The van der Waals surface area contributed by atoms with Gasteiger partial charge >= 0.3 is 0 Å². The van der Waals surface area contributed by atoms with Crippen LogP contribution < -0.4 is 0 Å². The second kappa shape index (κ2) is 5.23. The highest BCUT2D eigenvalue weighted by Crippen LogP contribution is 2.28. The number of aromatic nitrogens is 2. The van der Waals surface area contributed by atoms with Gasteiger partial charge in [0, 0.05) is 23.3 Å². The lowest BCUT2D eigenvalue weighted by molar-refractivity contribution is 0.0699. The Balaban J connectivity index is 2.06. The molecule has 2 unspecified atom stereocenters. The summed E-state index contributed by atoms with van der Waals surface area (Å²) in [6.45, 7) is 0. The number of carbonyl (C=O) groups excluding carboxylic acids is 1. The summed E-state index contributed by atoms with van der Waals surface area (Å²) in [4.78, 5) is 14.3. The molecule has 0 saturated heterocycles. The van der Waals surface area contributed by atoms with E-state index in [4.69, 9.17) is 0 Å². The molecule has 0 aliphatic heterocycles. The smallest absolute Gasteiger partial charge is 0.275 e. The first-order valence-electron chi connectivity index (χ1n) is 5.38. The summed E-state index contributed by atoms with van der Waals surface area (Å²) in [6, 6.07) is 0.281. The van der Waals surface area contributed by atoms with Crippen LogP contribution in [0.15, 0.2) is 5.38 Å². The van der Waals surface area contributed by atoms with Crippen LogP contribution in [0.5, 0.6) is 0 Å². The number of rotatable bonds is 2. The summed E-state index contributed by atoms with van der Waals surface area (Å²) in [5.74, 6) is -0.0231. The van der Waals surface area contributed by atoms with E-state index < -0.39 is 0 Å². The van der Waals surface area contributed by atoms with Crippen LogP contribution in [0, 0.1) is 0 Å². The fraction of sp³-hybridized carbons (Fsp3) is 0.700. The number of amides is 1. The molecule has 1 aliphatic rings. The number of hydrogen-bond donors (Lipinski definition) is 0. The fourth-order valence-corrected chi connectivity index (χ4v) is 3.46. The fourth-order valence-electron chi connectivity index (χ4n) is 2.09. The Morgan fingerprint density at radius 3 is 2.94 bits per heavy atom. The zero-order valence-electron chi connectivity index (χ0n) is 9.10. The third-order valence-electron chi connectivity index (χ3n) is 3.04. The van der Waals surface area contributed by atoms with E-state index in [1.807, 2.05) is 7.05 Å². The van der Waals surface area contributed by atoms with Crippen LogP contribution in [0.2, 0.25) is 0 Å². The van der Waals surface area contributed by atoms with Crippen molar-refractivity contribution < 1.29 is 4.79 Å². The molecule has 88 valence electrons. The standard InChI is InChI=1S/C10H14BrN3OS/c1-14(9-5-3-2-4-7(9)11)10(15)8-6-16-13-12-8/h6-7,9H,2-5H2,1H3. The van der Waals surface area contributed by atoms with Crippen molar-refractivity contribution in [2.45, 2.75) is 36.6 Å². The van der Waals surface area contributed by atoms with Gasteiger partial charge in [0.15, 0.2) is 5.69 Å². The van der Waals surface area contributed by atoms with Crippen molar-refractivity contribution in [1.29, 1.82) is 0 Å². The minimum Gasteiger partial charge on any atom is -0.336 e. The first-order valence-corrected chi connectivity index (χ1v) is 7.13. The molecular weight excluding hydrogens is 290 g/mol. The van der Waals surface area contributed by atoms with Crippen LogP contribution in [-0.4, -0.2) is 38.3 Å². The predicted octanol–water partition coefficient (Wildman–Crippen LogP) is 2.32. The Hall–Kier alpha value is -0.490. The average Bonchev–Trinajstić information content (AvgIpc) is 2.81. The quantitative estimate of drug-likeness (QED) is 0.788. The van der Waals surface area contributed by atoms with Crippen LogP contribution in [-0.2, 0) is 0 Å². The van der Waals surface area contributed by atoms with Crippen LogP contribution in [0.4, 0.5) is 0 Å². The Bertz CT molecular complexity index is 357. The lowest BCUT2D eigenvalue weighted by Gasteiger charge is -2.34. The van der Waals surface area contributed by atoms with Crippen LogP contribution >= 0.6 is 27.5 Å². The third kappa shape index (κ3) is 2.43. The molecule has 4 nitrogen and oxygen atoms in total. The van der Waals surface area contributed by atoms with E-state index in [9.17, 15) is 4.79 Å². The molecule has 2 rings (SSSR count). The molecule has 1 heterocycles. The zero-order chi connectivity index (χ0) is 11.5. The van der Waals surface area contributed by atoms with E-state index in [1.165, 1.54) is 24.4 Å². The lowest BCUT2D eigenvalue weighted by Crippen LogP contribution is -2.44. The molecule has 1 saturated carbocycles. The number of hydrogen-bond acceptors (Lipinski definition) is 4. The molecule has 1 fully saturated rings. The molecule has 1 amide bonds. The van der Waals surface area contributed by atoms with E-state index in [0.717, 1.165) is 12.8 Å². The summed E-state index contributed by atoms with van der Waals surface area (Å²) in [6.07, 6.45) is 4.64. The predicted molar refractivity (Wildman–Crippen MR) is 67.0 cm³/mol. The van der Waals surface area contributed by atoms with Crippen LogP contribution in [0.1, 0.15) is 36.2 Å². The summed E-state index contributed by atoms with van der Waals surface area (Å²) >= 11 is 4.87. The number of halogens is 1. The highest BCUT2D eigenvalue weighted by Gasteiger charge is 2.30. The third-order valence-corrected chi connectivity index (χ3v) is 4.62. The largest absolute Gasteiger partial charge is 0.336 e. The van der Waals surface area contributed by atoms with E-state index >= 15 is 0 Å². The van der Waals surface area contributed by atoms with Crippen LogP contribution in [0.3, 0.4) is 0 Å².